The van der Waals surface area contributed by atoms with Gasteiger partial charge in [0.1, 0.15) is 17.5 Å². The van der Waals surface area contributed by atoms with Crippen LogP contribution in [0.25, 0.3) is 10.9 Å². The number of nitrogens with zero attached hydrogens (tertiary/aromatic N) is 4. The summed E-state index contributed by atoms with van der Waals surface area (Å²) in [5, 5.41) is 0.989. The van der Waals surface area contributed by atoms with Gasteiger partial charge in [-0.2, -0.15) is 0 Å². The van der Waals surface area contributed by atoms with Gasteiger partial charge in [-0.3, -0.25) is 14.8 Å². The van der Waals surface area contributed by atoms with Gasteiger partial charge >= 0.3 is 0 Å². The highest BCUT2D eigenvalue weighted by molar-refractivity contribution is 5.91. The molecule has 29 heavy (non-hydrogen) atoms. The maximum atomic E-state index is 12.6. The molecule has 7 nitrogen and oxygen atoms in total. The molecule has 0 fully saturated rings. The summed E-state index contributed by atoms with van der Waals surface area (Å²) >= 11 is 0. The zero-order valence-electron chi connectivity index (χ0n) is 16.0. The molecular weight excluding hydrogens is 368 g/mol. The molecule has 3 heterocycles. The van der Waals surface area contributed by atoms with Crippen LogP contribution in [0.2, 0.25) is 0 Å². The fourth-order valence-electron chi connectivity index (χ4n) is 2.93. The van der Waals surface area contributed by atoms with E-state index in [0.717, 1.165) is 16.6 Å². The first-order chi connectivity index (χ1) is 14.2. The molecule has 4 aromatic rings. The second-order valence-electron chi connectivity index (χ2n) is 6.54. The molecule has 1 aromatic carbocycles. The van der Waals surface area contributed by atoms with Gasteiger partial charge in [-0.1, -0.05) is 24.3 Å². The minimum atomic E-state index is -0.206. The third-order valence-electron chi connectivity index (χ3n) is 4.49. The highest BCUT2D eigenvalue weighted by atomic mass is 16.5. The molecule has 0 aliphatic heterocycles. The molecule has 0 bridgehead atoms. The number of likely N-dealkylation sites (N-methyl/N-ethyl adjacent to an activating group) is 1. The quantitative estimate of drug-likeness (QED) is 0.482. The Hall–Kier alpha value is -3.74. The van der Waals surface area contributed by atoms with Crippen LogP contribution in [0.15, 0.2) is 71.6 Å². The van der Waals surface area contributed by atoms with Gasteiger partial charge in [0.2, 0.25) is 5.89 Å². The Balaban J connectivity index is 1.37. The fourth-order valence-corrected chi connectivity index (χ4v) is 2.93. The van der Waals surface area contributed by atoms with Crippen molar-refractivity contribution in [3.05, 3.63) is 84.5 Å². The van der Waals surface area contributed by atoms with Gasteiger partial charge in [-0.05, 0) is 24.3 Å². The Morgan fingerprint density at radius 3 is 2.79 bits per heavy atom. The van der Waals surface area contributed by atoms with Crippen molar-refractivity contribution < 1.29 is 13.9 Å². The lowest BCUT2D eigenvalue weighted by Gasteiger charge is -2.15. The van der Waals surface area contributed by atoms with E-state index in [1.165, 1.54) is 6.26 Å². The van der Waals surface area contributed by atoms with Gasteiger partial charge in [-0.25, -0.2) is 4.98 Å². The van der Waals surface area contributed by atoms with Crippen molar-refractivity contribution in [2.45, 2.75) is 13.0 Å². The summed E-state index contributed by atoms with van der Waals surface area (Å²) in [5.41, 5.74) is 1.96. The van der Waals surface area contributed by atoms with E-state index in [0.29, 0.717) is 24.6 Å². The molecule has 0 aliphatic rings. The van der Waals surface area contributed by atoms with E-state index in [9.17, 15) is 4.79 Å². The van der Waals surface area contributed by atoms with Crippen molar-refractivity contribution in [1.82, 2.24) is 19.9 Å². The van der Waals surface area contributed by atoms with Crippen molar-refractivity contribution in [1.29, 1.82) is 0 Å². The normalized spacial score (nSPS) is 10.8. The Bertz CT molecular complexity index is 1110. The van der Waals surface area contributed by atoms with Gasteiger partial charge in [-0.15, -0.1) is 0 Å². The average molecular weight is 388 g/mol. The van der Waals surface area contributed by atoms with Crippen LogP contribution in [0, 0.1) is 0 Å². The molecule has 7 heteroatoms. The van der Waals surface area contributed by atoms with Crippen molar-refractivity contribution in [2.75, 3.05) is 13.6 Å². The number of oxazole rings is 1. The van der Waals surface area contributed by atoms with Crippen LogP contribution in [0.3, 0.4) is 0 Å². The molecule has 146 valence electrons. The standard InChI is InChI=1S/C22H20N4O3/c1-26(13-10-17-8-2-3-11-23-17)22(27)18-14-29-20(25-18)15-28-19-9-4-6-16-7-5-12-24-21(16)19/h2-9,11-12,14H,10,13,15H2,1H3. The predicted molar refractivity (Wildman–Crippen MR) is 107 cm³/mol. The van der Waals surface area contributed by atoms with Crippen LogP contribution in [0.1, 0.15) is 22.1 Å². The molecule has 3 aromatic heterocycles. The summed E-state index contributed by atoms with van der Waals surface area (Å²) in [7, 11) is 1.73. The van der Waals surface area contributed by atoms with Gasteiger partial charge < -0.3 is 14.1 Å². The second-order valence-corrected chi connectivity index (χ2v) is 6.54. The van der Waals surface area contributed by atoms with Gasteiger partial charge in [0.15, 0.2) is 12.3 Å². The van der Waals surface area contributed by atoms with E-state index in [1.807, 2.05) is 48.5 Å². The van der Waals surface area contributed by atoms with Crippen LogP contribution in [0.5, 0.6) is 5.75 Å². The first kappa shape index (κ1) is 18.6. The number of ether oxygens (including phenoxy) is 1. The predicted octanol–water partition coefficient (Wildman–Crippen LogP) is 3.51. The van der Waals surface area contributed by atoms with E-state index < -0.39 is 0 Å². The number of amides is 1. The lowest BCUT2D eigenvalue weighted by atomic mass is 10.2. The molecule has 0 saturated carbocycles. The summed E-state index contributed by atoms with van der Waals surface area (Å²) in [5.74, 6) is 0.767. The van der Waals surface area contributed by atoms with Crippen LogP contribution in [0.4, 0.5) is 0 Å². The number of benzene rings is 1. The zero-order valence-corrected chi connectivity index (χ0v) is 16.0. The third-order valence-corrected chi connectivity index (χ3v) is 4.49. The Kier molecular flexibility index (Phi) is 5.47. The molecule has 0 radical (unpaired) electrons. The lowest BCUT2D eigenvalue weighted by Crippen LogP contribution is -2.29. The van der Waals surface area contributed by atoms with E-state index in [-0.39, 0.29) is 18.2 Å². The number of fused-ring (bicyclic) bond motifs is 1. The Morgan fingerprint density at radius 1 is 1.07 bits per heavy atom. The molecule has 0 saturated heterocycles. The summed E-state index contributed by atoms with van der Waals surface area (Å²) in [6.07, 6.45) is 5.50. The summed E-state index contributed by atoms with van der Waals surface area (Å²) in [6.45, 7) is 0.650. The van der Waals surface area contributed by atoms with E-state index in [2.05, 4.69) is 15.0 Å². The maximum absolute atomic E-state index is 12.6. The first-order valence-corrected chi connectivity index (χ1v) is 9.27. The first-order valence-electron chi connectivity index (χ1n) is 9.27. The van der Waals surface area contributed by atoms with E-state index >= 15 is 0 Å². The monoisotopic (exact) mass is 388 g/mol. The van der Waals surface area contributed by atoms with Gasteiger partial charge in [0.25, 0.3) is 5.91 Å². The van der Waals surface area contributed by atoms with E-state index in [4.69, 9.17) is 9.15 Å². The molecular formula is C22H20N4O3. The molecule has 0 aliphatic carbocycles. The number of rotatable bonds is 7. The van der Waals surface area contributed by atoms with Crippen molar-refractivity contribution in [3.8, 4) is 5.75 Å². The molecule has 0 unspecified atom stereocenters. The smallest absolute Gasteiger partial charge is 0.275 e. The number of hydrogen-bond acceptors (Lipinski definition) is 6. The third kappa shape index (κ3) is 4.40. The number of carbonyl (C=O) groups is 1. The largest absolute Gasteiger partial charge is 0.482 e. The molecule has 1 amide bonds. The topological polar surface area (TPSA) is 81.4 Å². The Morgan fingerprint density at radius 2 is 1.93 bits per heavy atom. The molecule has 0 N–H and O–H groups in total. The summed E-state index contributed by atoms with van der Waals surface area (Å²) in [4.78, 5) is 27.0. The van der Waals surface area contributed by atoms with Crippen LogP contribution in [-0.4, -0.2) is 39.4 Å². The molecule has 0 atom stereocenters. The number of hydrogen-bond donors (Lipinski definition) is 0. The van der Waals surface area contributed by atoms with Crippen LogP contribution >= 0.6 is 0 Å². The van der Waals surface area contributed by atoms with E-state index in [1.54, 1.807) is 24.3 Å². The number of carbonyl (C=O) groups excluding carboxylic acids is 1. The zero-order chi connectivity index (χ0) is 20.1. The number of pyridine rings is 2. The highest BCUT2D eigenvalue weighted by Gasteiger charge is 2.17. The van der Waals surface area contributed by atoms with Crippen molar-refractivity contribution in [2.24, 2.45) is 0 Å². The summed E-state index contributed by atoms with van der Waals surface area (Å²) < 4.78 is 11.2. The maximum Gasteiger partial charge on any atom is 0.275 e. The number of para-hydroxylation sites is 1. The average Bonchev–Trinajstić information content (AvgIpc) is 3.25. The van der Waals surface area contributed by atoms with Crippen LogP contribution in [-0.2, 0) is 13.0 Å². The fraction of sp³-hybridized carbons (Fsp3) is 0.182. The molecule has 4 rings (SSSR count). The van der Waals surface area contributed by atoms with Crippen LogP contribution < -0.4 is 4.74 Å². The van der Waals surface area contributed by atoms with Gasteiger partial charge in [0.05, 0.1) is 0 Å². The van der Waals surface area contributed by atoms with Crippen molar-refractivity contribution in [3.63, 3.8) is 0 Å². The lowest BCUT2D eigenvalue weighted by molar-refractivity contribution is 0.0790. The Labute approximate surface area is 168 Å². The van der Waals surface area contributed by atoms with Crippen molar-refractivity contribution >= 4 is 16.8 Å². The highest BCUT2D eigenvalue weighted by Crippen LogP contribution is 2.23. The molecule has 0 spiro atoms. The second kappa shape index (κ2) is 8.52. The number of aromatic nitrogens is 3. The SMILES string of the molecule is CN(CCc1ccccn1)C(=O)c1coc(COc2cccc3cccnc23)n1. The summed E-state index contributed by atoms with van der Waals surface area (Å²) in [6, 6.07) is 15.3. The minimum Gasteiger partial charge on any atom is -0.482 e. The minimum absolute atomic E-state index is 0.112. The van der Waals surface area contributed by atoms with Gasteiger partial charge in [0, 0.05) is 43.5 Å².